The Balaban J connectivity index is 3.34. The lowest BCUT2D eigenvalue weighted by molar-refractivity contribution is -0.159. The van der Waals surface area contributed by atoms with Crippen molar-refractivity contribution in [3.05, 3.63) is 24.3 Å². The SMILES string of the molecule is CCCCCCCC/C=C\CCCCCCCCCC(=O)OC(=O)CCCCCCCCC/C=C\CCCCCCCC. The Labute approximate surface area is 269 Å². The first kappa shape index (κ1) is 41.6. The van der Waals surface area contributed by atoms with Gasteiger partial charge in [-0.05, 0) is 64.2 Å². The van der Waals surface area contributed by atoms with E-state index < -0.39 is 0 Å². The van der Waals surface area contributed by atoms with Gasteiger partial charge in [-0.1, -0.05) is 167 Å². The van der Waals surface area contributed by atoms with E-state index in [0.717, 1.165) is 25.7 Å². The number of carbonyl (C=O) groups is 2. The maximum atomic E-state index is 11.9. The van der Waals surface area contributed by atoms with Crippen LogP contribution in [-0.2, 0) is 14.3 Å². The predicted molar refractivity (Wildman–Crippen MR) is 188 cm³/mol. The maximum absolute atomic E-state index is 11.9. The number of carbonyl (C=O) groups excluding carboxylic acids is 2. The van der Waals surface area contributed by atoms with Gasteiger partial charge in [0.15, 0.2) is 0 Å². The van der Waals surface area contributed by atoms with Gasteiger partial charge in [0.1, 0.15) is 0 Å². The molecule has 0 aromatic rings. The summed E-state index contributed by atoms with van der Waals surface area (Å²) in [4.78, 5) is 23.9. The van der Waals surface area contributed by atoms with E-state index in [9.17, 15) is 9.59 Å². The molecule has 0 saturated carbocycles. The van der Waals surface area contributed by atoms with Crippen molar-refractivity contribution in [3.8, 4) is 0 Å². The van der Waals surface area contributed by atoms with Gasteiger partial charge in [0, 0.05) is 12.8 Å². The van der Waals surface area contributed by atoms with Crippen LogP contribution in [0.15, 0.2) is 24.3 Å². The minimum absolute atomic E-state index is 0.334. The normalized spacial score (nSPS) is 11.7. The highest BCUT2D eigenvalue weighted by atomic mass is 16.6. The zero-order valence-electron chi connectivity index (χ0n) is 29.2. The molecule has 0 N–H and O–H groups in total. The molecule has 0 heterocycles. The van der Waals surface area contributed by atoms with Crippen LogP contribution in [0.3, 0.4) is 0 Å². The highest BCUT2D eigenvalue weighted by Gasteiger charge is 2.09. The fourth-order valence-corrected chi connectivity index (χ4v) is 5.62. The molecule has 0 aromatic carbocycles. The zero-order valence-corrected chi connectivity index (χ0v) is 29.2. The van der Waals surface area contributed by atoms with Crippen molar-refractivity contribution in [2.75, 3.05) is 0 Å². The molecule has 252 valence electrons. The molecule has 3 nitrogen and oxygen atoms in total. The van der Waals surface area contributed by atoms with Gasteiger partial charge in [-0.25, -0.2) is 0 Å². The fraction of sp³-hybridized carbons (Fsp3) is 0.850. The second kappa shape index (κ2) is 36.8. The Hall–Kier alpha value is -1.38. The van der Waals surface area contributed by atoms with Crippen LogP contribution in [-0.4, -0.2) is 11.9 Å². The molecule has 0 radical (unpaired) electrons. The number of hydrogen-bond donors (Lipinski definition) is 0. The highest BCUT2D eigenvalue weighted by Crippen LogP contribution is 2.14. The van der Waals surface area contributed by atoms with Gasteiger partial charge in [0.2, 0.25) is 0 Å². The third-order valence-electron chi connectivity index (χ3n) is 8.51. The topological polar surface area (TPSA) is 43.4 Å². The van der Waals surface area contributed by atoms with Crippen molar-refractivity contribution in [1.29, 1.82) is 0 Å². The van der Waals surface area contributed by atoms with Crippen molar-refractivity contribution >= 4 is 11.9 Å². The van der Waals surface area contributed by atoms with Gasteiger partial charge in [-0.2, -0.15) is 0 Å². The van der Waals surface area contributed by atoms with Crippen LogP contribution in [0.4, 0.5) is 0 Å². The first-order chi connectivity index (χ1) is 21.2. The standard InChI is InChI=1S/C40H74O3/c1-3-5-7-9-11-13-15-17-19-21-23-25-27-29-31-33-35-37-39(41)43-40(42)38-36-34-32-30-28-26-24-22-20-18-16-14-12-10-8-6-4-2/h17-20H,3-16,21-38H2,1-2H3/b19-17-,20-18-. The van der Waals surface area contributed by atoms with E-state index >= 15 is 0 Å². The Morgan fingerprint density at radius 3 is 0.860 bits per heavy atom. The lowest BCUT2D eigenvalue weighted by Crippen LogP contribution is -2.11. The molecule has 0 aliphatic heterocycles. The smallest absolute Gasteiger partial charge is 0.313 e. The summed E-state index contributed by atoms with van der Waals surface area (Å²) in [7, 11) is 0. The van der Waals surface area contributed by atoms with Gasteiger partial charge < -0.3 is 4.74 Å². The molecule has 0 amide bonds. The average Bonchev–Trinajstić information content (AvgIpc) is 3.00. The van der Waals surface area contributed by atoms with Gasteiger partial charge in [-0.3, -0.25) is 9.59 Å². The first-order valence-corrected chi connectivity index (χ1v) is 19.2. The molecule has 0 aliphatic carbocycles. The van der Waals surface area contributed by atoms with Gasteiger partial charge >= 0.3 is 11.9 Å². The van der Waals surface area contributed by atoms with Crippen molar-refractivity contribution in [2.24, 2.45) is 0 Å². The summed E-state index contributed by atoms with van der Waals surface area (Å²) in [5.74, 6) is -0.669. The lowest BCUT2D eigenvalue weighted by atomic mass is 10.1. The van der Waals surface area contributed by atoms with Gasteiger partial charge in [0.25, 0.3) is 0 Å². The van der Waals surface area contributed by atoms with Gasteiger partial charge in [-0.15, -0.1) is 0 Å². The largest absolute Gasteiger partial charge is 0.393 e. The van der Waals surface area contributed by atoms with E-state index in [1.165, 1.54) is 167 Å². The average molecular weight is 603 g/mol. The van der Waals surface area contributed by atoms with Crippen LogP contribution in [0, 0.1) is 0 Å². The quantitative estimate of drug-likeness (QED) is 0.0318. The summed E-state index contributed by atoms with van der Waals surface area (Å²) in [6, 6.07) is 0. The fourth-order valence-electron chi connectivity index (χ4n) is 5.62. The number of esters is 2. The molecule has 43 heavy (non-hydrogen) atoms. The zero-order chi connectivity index (χ0) is 31.3. The maximum Gasteiger partial charge on any atom is 0.313 e. The summed E-state index contributed by atoms with van der Waals surface area (Å²) in [5.41, 5.74) is 0. The molecule has 0 unspecified atom stereocenters. The molecule has 0 fully saturated rings. The van der Waals surface area contributed by atoms with Crippen molar-refractivity contribution < 1.29 is 14.3 Å². The number of allylic oxidation sites excluding steroid dienone is 4. The van der Waals surface area contributed by atoms with Crippen LogP contribution in [0.1, 0.15) is 219 Å². The Bertz CT molecular complexity index is 582. The predicted octanol–water partition coefficient (Wildman–Crippen LogP) is 13.7. The Kier molecular flexibility index (Phi) is 35.6. The van der Waals surface area contributed by atoms with E-state index in [0.29, 0.717) is 12.8 Å². The number of rotatable bonds is 34. The first-order valence-electron chi connectivity index (χ1n) is 19.2. The van der Waals surface area contributed by atoms with Crippen LogP contribution in [0.5, 0.6) is 0 Å². The van der Waals surface area contributed by atoms with Crippen LogP contribution >= 0.6 is 0 Å². The van der Waals surface area contributed by atoms with Crippen LogP contribution < -0.4 is 0 Å². The molecule has 0 aromatic heterocycles. The number of ether oxygens (including phenoxy) is 1. The van der Waals surface area contributed by atoms with Crippen molar-refractivity contribution in [3.63, 3.8) is 0 Å². The molecule has 0 saturated heterocycles. The molecule has 0 rings (SSSR count). The second-order valence-corrected chi connectivity index (χ2v) is 12.9. The summed E-state index contributed by atoms with van der Waals surface area (Å²) in [6.45, 7) is 4.54. The number of unbranched alkanes of at least 4 members (excludes halogenated alkanes) is 26. The van der Waals surface area contributed by atoms with Crippen molar-refractivity contribution in [1.82, 2.24) is 0 Å². The van der Waals surface area contributed by atoms with Crippen LogP contribution in [0.2, 0.25) is 0 Å². The number of hydrogen-bond acceptors (Lipinski definition) is 3. The summed E-state index contributed by atoms with van der Waals surface area (Å²) in [6.07, 6.45) is 48.1. The molecular weight excluding hydrogens is 528 g/mol. The minimum atomic E-state index is -0.334. The molecule has 0 aliphatic rings. The molecule has 3 heteroatoms. The highest BCUT2D eigenvalue weighted by molar-refractivity contribution is 5.85. The van der Waals surface area contributed by atoms with Gasteiger partial charge in [0.05, 0.1) is 0 Å². The van der Waals surface area contributed by atoms with E-state index in [-0.39, 0.29) is 11.9 Å². The minimum Gasteiger partial charge on any atom is -0.393 e. The molecule has 0 spiro atoms. The van der Waals surface area contributed by atoms with Crippen molar-refractivity contribution in [2.45, 2.75) is 219 Å². The third-order valence-corrected chi connectivity index (χ3v) is 8.51. The van der Waals surface area contributed by atoms with Crippen LogP contribution in [0.25, 0.3) is 0 Å². The molecule has 0 bridgehead atoms. The molecular formula is C40H74O3. The monoisotopic (exact) mass is 603 g/mol. The van der Waals surface area contributed by atoms with E-state index in [2.05, 4.69) is 38.2 Å². The molecule has 0 atom stereocenters. The lowest BCUT2D eigenvalue weighted by Gasteiger charge is -2.04. The Morgan fingerprint density at radius 2 is 0.581 bits per heavy atom. The summed E-state index contributed by atoms with van der Waals surface area (Å²) >= 11 is 0. The summed E-state index contributed by atoms with van der Waals surface area (Å²) in [5, 5.41) is 0. The van der Waals surface area contributed by atoms with E-state index in [1.807, 2.05) is 0 Å². The summed E-state index contributed by atoms with van der Waals surface area (Å²) < 4.78 is 5.02. The second-order valence-electron chi connectivity index (χ2n) is 12.9. The third kappa shape index (κ3) is 36.7. The Morgan fingerprint density at radius 1 is 0.349 bits per heavy atom. The van der Waals surface area contributed by atoms with E-state index in [1.54, 1.807) is 0 Å². The van der Waals surface area contributed by atoms with E-state index in [4.69, 9.17) is 4.74 Å².